The average Bonchev–Trinajstić information content (AvgIpc) is 2.86. The van der Waals surface area contributed by atoms with Gasteiger partial charge in [0.25, 0.3) is 0 Å². The summed E-state index contributed by atoms with van der Waals surface area (Å²) in [6.07, 6.45) is 6.44. The Morgan fingerprint density at radius 3 is 1.89 bits per heavy atom. The monoisotopic (exact) mass is 477 g/mol. The Morgan fingerprint density at radius 1 is 0.771 bits per heavy atom. The van der Waals surface area contributed by atoms with Crippen LogP contribution < -0.4 is 24.3 Å². The van der Waals surface area contributed by atoms with Crippen molar-refractivity contribution >= 4 is 23.6 Å². The highest BCUT2D eigenvalue weighted by Gasteiger charge is 2.13. The quantitative estimate of drug-likeness (QED) is 0.210. The molecule has 3 aromatic rings. The SMILES string of the molecule is COc1cc(/C=C\c2cc(O)c(OC)c(N/C=C\C(=O)c3ccc(O)cc3)c2)cc(OC)c1OC. The first kappa shape index (κ1) is 25.0. The molecule has 0 bridgehead atoms. The lowest BCUT2D eigenvalue weighted by Gasteiger charge is -2.13. The zero-order chi connectivity index (χ0) is 25.4. The Labute approximate surface area is 203 Å². The molecule has 3 rings (SSSR count). The van der Waals surface area contributed by atoms with Gasteiger partial charge in [-0.2, -0.15) is 0 Å². The van der Waals surface area contributed by atoms with Gasteiger partial charge in [-0.1, -0.05) is 12.2 Å². The molecule has 3 N–H and O–H groups in total. The number of hydrogen-bond acceptors (Lipinski definition) is 8. The number of allylic oxidation sites excluding steroid dienone is 1. The average molecular weight is 478 g/mol. The zero-order valence-corrected chi connectivity index (χ0v) is 19.9. The molecule has 0 atom stereocenters. The van der Waals surface area contributed by atoms with E-state index in [0.29, 0.717) is 34.1 Å². The Bertz CT molecular complexity index is 1220. The van der Waals surface area contributed by atoms with Crippen LogP contribution in [0.15, 0.2) is 60.8 Å². The summed E-state index contributed by atoms with van der Waals surface area (Å²) in [7, 11) is 6.07. The Kier molecular flexibility index (Phi) is 8.24. The number of rotatable bonds is 10. The molecule has 0 aliphatic carbocycles. The van der Waals surface area contributed by atoms with E-state index in [9.17, 15) is 15.0 Å². The number of phenols is 2. The van der Waals surface area contributed by atoms with Crippen LogP contribution in [0.2, 0.25) is 0 Å². The maximum atomic E-state index is 12.3. The van der Waals surface area contributed by atoms with Gasteiger partial charge < -0.3 is 34.5 Å². The minimum Gasteiger partial charge on any atom is -0.508 e. The summed E-state index contributed by atoms with van der Waals surface area (Å²) < 4.78 is 21.4. The fourth-order valence-electron chi connectivity index (χ4n) is 3.37. The number of phenolic OH excluding ortho intramolecular Hbond substituents is 2. The van der Waals surface area contributed by atoms with Crippen molar-refractivity contribution in [2.75, 3.05) is 33.8 Å². The second-order valence-electron chi connectivity index (χ2n) is 7.30. The summed E-state index contributed by atoms with van der Waals surface area (Å²) in [5.74, 6) is 1.54. The maximum Gasteiger partial charge on any atom is 0.203 e. The second kappa shape index (κ2) is 11.5. The molecular weight excluding hydrogens is 450 g/mol. The highest BCUT2D eigenvalue weighted by molar-refractivity contribution is 6.04. The third-order valence-electron chi connectivity index (χ3n) is 5.08. The summed E-state index contributed by atoms with van der Waals surface area (Å²) in [5.41, 5.74) is 2.37. The Balaban J connectivity index is 1.85. The van der Waals surface area contributed by atoms with Crippen LogP contribution in [0.5, 0.6) is 34.5 Å². The van der Waals surface area contributed by atoms with E-state index in [4.69, 9.17) is 18.9 Å². The fourth-order valence-corrected chi connectivity index (χ4v) is 3.37. The van der Waals surface area contributed by atoms with Crippen LogP contribution in [0.25, 0.3) is 12.2 Å². The minimum atomic E-state index is -0.251. The number of nitrogens with one attached hydrogen (secondary N) is 1. The van der Waals surface area contributed by atoms with E-state index in [2.05, 4.69) is 5.32 Å². The molecule has 0 heterocycles. The highest BCUT2D eigenvalue weighted by Crippen LogP contribution is 2.39. The maximum absolute atomic E-state index is 12.3. The molecule has 8 nitrogen and oxygen atoms in total. The number of anilines is 1. The van der Waals surface area contributed by atoms with Crippen molar-refractivity contribution < 1.29 is 34.0 Å². The third-order valence-corrected chi connectivity index (χ3v) is 5.08. The zero-order valence-electron chi connectivity index (χ0n) is 19.9. The molecule has 182 valence electrons. The third kappa shape index (κ3) is 6.05. The van der Waals surface area contributed by atoms with Crippen molar-refractivity contribution in [2.24, 2.45) is 0 Å². The largest absolute Gasteiger partial charge is 0.508 e. The lowest BCUT2D eigenvalue weighted by molar-refractivity contribution is 0.104. The van der Waals surface area contributed by atoms with Crippen molar-refractivity contribution in [1.29, 1.82) is 0 Å². The van der Waals surface area contributed by atoms with Gasteiger partial charge in [-0.15, -0.1) is 0 Å². The molecular formula is C27H27NO7. The van der Waals surface area contributed by atoms with E-state index in [1.54, 1.807) is 44.6 Å². The van der Waals surface area contributed by atoms with Crippen molar-refractivity contribution in [3.63, 3.8) is 0 Å². The van der Waals surface area contributed by atoms with Gasteiger partial charge in [-0.05, 0) is 59.7 Å². The van der Waals surface area contributed by atoms with E-state index in [1.165, 1.54) is 50.8 Å². The molecule has 0 radical (unpaired) electrons. The van der Waals surface area contributed by atoms with Gasteiger partial charge >= 0.3 is 0 Å². The molecule has 0 unspecified atom stereocenters. The van der Waals surface area contributed by atoms with Crippen molar-refractivity contribution in [3.8, 4) is 34.5 Å². The van der Waals surface area contributed by atoms with E-state index >= 15 is 0 Å². The van der Waals surface area contributed by atoms with Crippen LogP contribution in [-0.2, 0) is 0 Å². The molecule has 3 aromatic carbocycles. The summed E-state index contributed by atoms with van der Waals surface area (Å²) in [6, 6.07) is 12.9. The Morgan fingerprint density at radius 2 is 1.34 bits per heavy atom. The number of carbonyl (C=O) groups excluding carboxylic acids is 1. The van der Waals surface area contributed by atoms with E-state index in [-0.39, 0.29) is 23.0 Å². The summed E-state index contributed by atoms with van der Waals surface area (Å²) in [6.45, 7) is 0. The second-order valence-corrected chi connectivity index (χ2v) is 7.30. The molecule has 0 saturated heterocycles. The fraction of sp³-hybridized carbons (Fsp3) is 0.148. The van der Waals surface area contributed by atoms with Crippen LogP contribution in [0, 0.1) is 0 Å². The first-order valence-corrected chi connectivity index (χ1v) is 10.6. The molecule has 0 aliphatic rings. The van der Waals surface area contributed by atoms with Gasteiger partial charge in [0.05, 0.1) is 34.1 Å². The van der Waals surface area contributed by atoms with Gasteiger partial charge in [0.1, 0.15) is 5.75 Å². The highest BCUT2D eigenvalue weighted by atomic mass is 16.5. The number of methoxy groups -OCH3 is 4. The first-order valence-electron chi connectivity index (χ1n) is 10.6. The minimum absolute atomic E-state index is 0.0692. The van der Waals surface area contributed by atoms with Crippen LogP contribution in [0.3, 0.4) is 0 Å². The molecule has 0 amide bonds. The van der Waals surface area contributed by atoms with Gasteiger partial charge in [0, 0.05) is 17.8 Å². The number of benzene rings is 3. The van der Waals surface area contributed by atoms with Crippen molar-refractivity contribution in [3.05, 3.63) is 77.5 Å². The number of ketones is 1. The predicted octanol–water partition coefficient (Wildman–Crippen LogP) is 5.11. The van der Waals surface area contributed by atoms with Crippen LogP contribution >= 0.6 is 0 Å². The molecule has 0 fully saturated rings. The van der Waals surface area contributed by atoms with Gasteiger partial charge in [-0.25, -0.2) is 0 Å². The number of hydrogen-bond donors (Lipinski definition) is 3. The van der Waals surface area contributed by atoms with E-state index < -0.39 is 0 Å². The standard InChI is InChI=1S/C27H27NO7/c1-32-24-15-18(16-25(33-2)27(24)35-4)6-5-17-13-21(26(34-3)23(31)14-17)28-12-11-22(30)19-7-9-20(29)10-8-19/h5-16,28-29,31H,1-4H3/b6-5-,12-11-. The first-order chi connectivity index (χ1) is 16.9. The molecule has 8 heteroatoms. The normalized spacial score (nSPS) is 11.0. The van der Waals surface area contributed by atoms with Crippen LogP contribution in [0.1, 0.15) is 21.5 Å². The molecule has 0 aliphatic heterocycles. The molecule has 0 aromatic heterocycles. The predicted molar refractivity (Wildman–Crippen MR) is 135 cm³/mol. The van der Waals surface area contributed by atoms with Crippen molar-refractivity contribution in [2.45, 2.75) is 0 Å². The van der Waals surface area contributed by atoms with Crippen molar-refractivity contribution in [1.82, 2.24) is 0 Å². The number of aromatic hydroxyl groups is 2. The molecule has 0 spiro atoms. The van der Waals surface area contributed by atoms with Crippen LogP contribution in [0.4, 0.5) is 5.69 Å². The smallest absolute Gasteiger partial charge is 0.203 e. The lowest BCUT2D eigenvalue weighted by Crippen LogP contribution is -1.98. The van der Waals surface area contributed by atoms with Gasteiger partial charge in [0.15, 0.2) is 28.8 Å². The topological polar surface area (TPSA) is 106 Å². The number of carbonyl (C=O) groups is 1. The Hall–Kier alpha value is -4.59. The summed E-state index contributed by atoms with van der Waals surface area (Å²) in [4.78, 5) is 12.3. The van der Waals surface area contributed by atoms with Gasteiger partial charge in [-0.3, -0.25) is 4.79 Å². The summed E-state index contributed by atoms with van der Waals surface area (Å²) in [5, 5.41) is 22.8. The summed E-state index contributed by atoms with van der Waals surface area (Å²) >= 11 is 0. The van der Waals surface area contributed by atoms with Crippen LogP contribution in [-0.4, -0.2) is 44.4 Å². The number of ether oxygens (including phenoxy) is 4. The van der Waals surface area contributed by atoms with E-state index in [1.807, 2.05) is 6.08 Å². The molecule has 0 saturated carbocycles. The lowest BCUT2D eigenvalue weighted by atomic mass is 10.1. The van der Waals surface area contributed by atoms with E-state index in [0.717, 1.165) is 5.56 Å². The van der Waals surface area contributed by atoms with Gasteiger partial charge in [0.2, 0.25) is 5.75 Å². The molecule has 35 heavy (non-hydrogen) atoms.